The van der Waals surface area contributed by atoms with Gasteiger partial charge in [-0.15, -0.1) is 0 Å². The number of hydrogen-bond acceptors (Lipinski definition) is 3. The number of piperidine rings is 1. The van der Waals surface area contributed by atoms with Crippen LogP contribution in [0.5, 0.6) is 0 Å². The van der Waals surface area contributed by atoms with Crippen LogP contribution < -0.4 is 5.32 Å². The number of carbonyl (C=O) groups excluding carboxylic acids is 2. The molecule has 1 atom stereocenters. The number of benzene rings is 1. The van der Waals surface area contributed by atoms with Crippen LogP contribution in [0.4, 0.5) is 4.39 Å². The number of hydrogen-bond donors (Lipinski definition) is 2. The van der Waals surface area contributed by atoms with Crippen molar-refractivity contribution in [2.24, 2.45) is 5.92 Å². The number of likely N-dealkylation sites (tertiary alicyclic amines) is 1. The average molecular weight is 360 g/mol. The molecule has 140 valence electrons. The van der Waals surface area contributed by atoms with Crippen LogP contribution in [0.3, 0.4) is 0 Å². The average Bonchev–Trinajstić information content (AvgIpc) is 3.00. The molecule has 0 bridgehead atoms. The summed E-state index contributed by atoms with van der Waals surface area (Å²) < 4.78 is 13.3. The number of nitrogens with zero attached hydrogens (tertiary/aromatic N) is 2. The van der Waals surface area contributed by atoms with Crippen LogP contribution in [0, 0.1) is 11.7 Å². The van der Waals surface area contributed by atoms with Crippen molar-refractivity contribution >= 4 is 22.7 Å². The van der Waals surface area contributed by atoms with Crippen LogP contribution in [0.15, 0.2) is 24.3 Å². The summed E-state index contributed by atoms with van der Waals surface area (Å²) in [6.07, 6.45) is 0.998. The van der Waals surface area contributed by atoms with Gasteiger partial charge in [-0.05, 0) is 44.8 Å². The summed E-state index contributed by atoms with van der Waals surface area (Å²) >= 11 is 0. The Bertz CT molecular complexity index is 802. The number of likely N-dealkylation sites (N-methyl/N-ethyl adjacent to an activating group) is 1. The number of fused-ring (bicyclic) bond motifs is 1. The number of halogens is 1. The summed E-state index contributed by atoms with van der Waals surface area (Å²) in [7, 11) is 3.93. The number of rotatable bonds is 6. The van der Waals surface area contributed by atoms with Gasteiger partial charge in [0, 0.05) is 42.7 Å². The Labute approximate surface area is 152 Å². The Balaban J connectivity index is 1.55. The highest BCUT2D eigenvalue weighted by Crippen LogP contribution is 2.19. The second-order valence-corrected chi connectivity index (χ2v) is 7.12. The first-order chi connectivity index (χ1) is 12.4. The molecule has 1 aliphatic rings. The van der Waals surface area contributed by atoms with Crippen molar-refractivity contribution in [3.63, 3.8) is 0 Å². The quantitative estimate of drug-likeness (QED) is 0.824. The predicted octanol–water partition coefficient (Wildman–Crippen LogP) is 1.72. The third-order valence-corrected chi connectivity index (χ3v) is 4.78. The normalized spacial score (nSPS) is 17.9. The molecular weight excluding hydrogens is 335 g/mol. The summed E-state index contributed by atoms with van der Waals surface area (Å²) in [5, 5.41) is 3.72. The van der Waals surface area contributed by atoms with Crippen molar-refractivity contribution in [3.05, 3.63) is 35.8 Å². The highest BCUT2D eigenvalue weighted by atomic mass is 19.1. The number of H-pyrrole nitrogens is 1. The highest BCUT2D eigenvalue weighted by molar-refractivity contribution is 5.84. The molecule has 0 radical (unpaired) electrons. The zero-order chi connectivity index (χ0) is 18.7. The monoisotopic (exact) mass is 360 g/mol. The minimum atomic E-state index is -0.281. The van der Waals surface area contributed by atoms with E-state index in [9.17, 15) is 14.0 Å². The zero-order valence-corrected chi connectivity index (χ0v) is 15.2. The van der Waals surface area contributed by atoms with Gasteiger partial charge >= 0.3 is 0 Å². The number of aromatic amines is 1. The van der Waals surface area contributed by atoms with E-state index in [1.54, 1.807) is 11.0 Å². The number of amides is 2. The minimum Gasteiger partial charge on any atom is -0.357 e. The molecule has 1 aliphatic heterocycles. The molecule has 0 spiro atoms. The molecular formula is C19H25FN4O2. The largest absolute Gasteiger partial charge is 0.357 e. The molecule has 2 heterocycles. The topological polar surface area (TPSA) is 68.4 Å². The van der Waals surface area contributed by atoms with Crippen molar-refractivity contribution in [1.29, 1.82) is 0 Å². The molecule has 0 saturated carbocycles. The zero-order valence-electron chi connectivity index (χ0n) is 15.2. The first-order valence-corrected chi connectivity index (χ1v) is 8.90. The van der Waals surface area contributed by atoms with E-state index in [0.29, 0.717) is 32.5 Å². The van der Waals surface area contributed by atoms with Gasteiger partial charge in [0.1, 0.15) is 5.82 Å². The predicted molar refractivity (Wildman–Crippen MR) is 98.0 cm³/mol. The van der Waals surface area contributed by atoms with Gasteiger partial charge in [-0.2, -0.15) is 0 Å². The van der Waals surface area contributed by atoms with Crippen LogP contribution in [0.25, 0.3) is 10.9 Å². The van der Waals surface area contributed by atoms with Gasteiger partial charge in [0.05, 0.1) is 12.5 Å². The summed E-state index contributed by atoms with van der Waals surface area (Å²) in [5.41, 5.74) is 1.67. The lowest BCUT2D eigenvalue weighted by molar-refractivity contribution is -0.138. The molecule has 1 unspecified atom stereocenters. The van der Waals surface area contributed by atoms with Gasteiger partial charge in [0.2, 0.25) is 11.8 Å². The maximum absolute atomic E-state index is 13.3. The molecule has 1 fully saturated rings. The smallest absolute Gasteiger partial charge is 0.225 e. The minimum absolute atomic E-state index is 0.0443. The molecule has 0 aliphatic carbocycles. The van der Waals surface area contributed by atoms with Crippen molar-refractivity contribution < 1.29 is 14.0 Å². The van der Waals surface area contributed by atoms with Crippen molar-refractivity contribution in [1.82, 2.24) is 20.1 Å². The molecule has 1 aromatic heterocycles. The van der Waals surface area contributed by atoms with E-state index in [1.165, 1.54) is 12.1 Å². The molecule has 6 nitrogen and oxygen atoms in total. The molecule has 26 heavy (non-hydrogen) atoms. The lowest BCUT2D eigenvalue weighted by Gasteiger charge is -2.32. The lowest BCUT2D eigenvalue weighted by atomic mass is 9.96. The molecule has 1 saturated heterocycles. The second-order valence-electron chi connectivity index (χ2n) is 7.12. The Kier molecular flexibility index (Phi) is 5.56. The standard InChI is InChI=1S/C19H25FN4O2/c1-23(2)7-8-24-12-13(3-6-18(24)25)19(26)21-11-16-10-14-9-15(20)4-5-17(14)22-16/h4-5,9-10,13,22H,3,6-8,11-12H2,1-2H3,(H,21,26). The van der Waals surface area contributed by atoms with Crippen LogP contribution in [-0.2, 0) is 16.1 Å². The fourth-order valence-corrected chi connectivity index (χ4v) is 3.25. The molecule has 2 amide bonds. The maximum Gasteiger partial charge on any atom is 0.225 e. The molecule has 2 aromatic rings. The summed E-state index contributed by atoms with van der Waals surface area (Å²) in [4.78, 5) is 31.5. The van der Waals surface area contributed by atoms with Crippen LogP contribution in [-0.4, -0.2) is 60.3 Å². The first kappa shape index (κ1) is 18.4. The molecule has 7 heteroatoms. The molecule has 1 aromatic carbocycles. The van der Waals surface area contributed by atoms with Gasteiger partial charge in [0.15, 0.2) is 0 Å². The van der Waals surface area contributed by atoms with Gasteiger partial charge in [-0.25, -0.2) is 4.39 Å². The summed E-state index contributed by atoms with van der Waals surface area (Å²) in [6, 6.07) is 6.40. The van der Waals surface area contributed by atoms with Crippen molar-refractivity contribution in [3.8, 4) is 0 Å². The fourth-order valence-electron chi connectivity index (χ4n) is 3.25. The van der Waals surface area contributed by atoms with E-state index in [4.69, 9.17) is 0 Å². The van der Waals surface area contributed by atoms with Crippen molar-refractivity contribution in [2.45, 2.75) is 19.4 Å². The lowest BCUT2D eigenvalue weighted by Crippen LogP contribution is -2.47. The van der Waals surface area contributed by atoms with E-state index in [1.807, 2.05) is 25.1 Å². The van der Waals surface area contributed by atoms with E-state index in [-0.39, 0.29) is 23.5 Å². The SMILES string of the molecule is CN(C)CCN1CC(C(=O)NCc2cc3cc(F)ccc3[nH]2)CCC1=O. The second kappa shape index (κ2) is 7.86. The van der Waals surface area contributed by atoms with E-state index < -0.39 is 0 Å². The molecule has 3 rings (SSSR count). The number of carbonyl (C=O) groups is 2. The summed E-state index contributed by atoms with van der Waals surface area (Å²) in [5.74, 6) is -0.390. The Hall–Kier alpha value is -2.41. The fraction of sp³-hybridized carbons (Fsp3) is 0.474. The number of aromatic nitrogens is 1. The maximum atomic E-state index is 13.3. The highest BCUT2D eigenvalue weighted by Gasteiger charge is 2.29. The Morgan fingerprint density at radius 2 is 2.19 bits per heavy atom. The van der Waals surface area contributed by atoms with Crippen molar-refractivity contribution in [2.75, 3.05) is 33.7 Å². The van der Waals surface area contributed by atoms with Gasteiger partial charge < -0.3 is 20.1 Å². The van der Waals surface area contributed by atoms with Gasteiger partial charge in [-0.3, -0.25) is 9.59 Å². The summed E-state index contributed by atoms with van der Waals surface area (Å²) in [6.45, 7) is 2.25. The number of nitrogens with one attached hydrogen (secondary N) is 2. The van der Waals surface area contributed by atoms with E-state index in [2.05, 4.69) is 10.3 Å². The van der Waals surface area contributed by atoms with Gasteiger partial charge in [0.25, 0.3) is 0 Å². The van der Waals surface area contributed by atoms with Crippen LogP contribution in [0.2, 0.25) is 0 Å². The van der Waals surface area contributed by atoms with Crippen LogP contribution in [0.1, 0.15) is 18.5 Å². The van der Waals surface area contributed by atoms with Crippen LogP contribution >= 0.6 is 0 Å². The van der Waals surface area contributed by atoms with E-state index >= 15 is 0 Å². The third-order valence-electron chi connectivity index (χ3n) is 4.78. The first-order valence-electron chi connectivity index (χ1n) is 8.90. The third kappa shape index (κ3) is 4.40. The Morgan fingerprint density at radius 3 is 2.96 bits per heavy atom. The van der Waals surface area contributed by atoms with Gasteiger partial charge in [-0.1, -0.05) is 0 Å². The van der Waals surface area contributed by atoms with E-state index in [0.717, 1.165) is 23.1 Å². The Morgan fingerprint density at radius 1 is 1.38 bits per heavy atom. The molecule has 2 N–H and O–H groups in total.